The van der Waals surface area contributed by atoms with Gasteiger partial charge in [0.15, 0.2) is 0 Å². The first-order chi connectivity index (χ1) is 8.95. The lowest BCUT2D eigenvalue weighted by Gasteiger charge is -2.25. The normalized spacial score (nSPS) is 17.1. The van der Waals surface area contributed by atoms with Crippen molar-refractivity contribution in [2.24, 2.45) is 0 Å². The summed E-state index contributed by atoms with van der Waals surface area (Å²) in [6.45, 7) is 2.89. The van der Waals surface area contributed by atoms with Crippen LogP contribution in [-0.2, 0) is 10.0 Å². The van der Waals surface area contributed by atoms with Crippen LogP contribution in [0.2, 0.25) is 0 Å². The van der Waals surface area contributed by atoms with Crippen molar-refractivity contribution in [3.63, 3.8) is 0 Å². The fraction of sp³-hybridized carbons (Fsp3) is 0.385. The molecule has 1 aromatic carbocycles. The highest BCUT2D eigenvalue weighted by atomic mass is 32.2. The summed E-state index contributed by atoms with van der Waals surface area (Å²) < 4.78 is 31.7. The second-order valence-electron chi connectivity index (χ2n) is 4.57. The Balaban J connectivity index is 2.42. The van der Waals surface area contributed by atoms with E-state index in [0.29, 0.717) is 24.5 Å². The molecule has 0 bridgehead atoms. The molecule has 0 fully saturated rings. The standard InChI is InChI=1S/C13H18N2O3S/c1-10-5-7-15(8-6-10)19(16,17)13-9-11(14)3-4-12(13)18-2/h3-5,9H,6-8,14H2,1-2H3. The van der Waals surface area contributed by atoms with E-state index in [1.807, 2.05) is 13.0 Å². The highest BCUT2D eigenvalue weighted by molar-refractivity contribution is 7.89. The SMILES string of the molecule is COc1ccc(N)cc1S(=O)(=O)N1CC=C(C)CC1. The van der Waals surface area contributed by atoms with Crippen molar-refractivity contribution in [3.05, 3.63) is 29.8 Å². The summed E-state index contributed by atoms with van der Waals surface area (Å²) in [4.78, 5) is 0.128. The maximum Gasteiger partial charge on any atom is 0.247 e. The minimum Gasteiger partial charge on any atom is -0.495 e. The number of nitrogens with two attached hydrogens (primary N) is 1. The molecule has 0 aliphatic carbocycles. The van der Waals surface area contributed by atoms with Gasteiger partial charge in [-0.15, -0.1) is 0 Å². The molecule has 0 amide bonds. The van der Waals surface area contributed by atoms with Gasteiger partial charge in [0, 0.05) is 18.8 Å². The van der Waals surface area contributed by atoms with Gasteiger partial charge >= 0.3 is 0 Å². The average Bonchev–Trinajstić information content (AvgIpc) is 2.39. The van der Waals surface area contributed by atoms with Crippen LogP contribution in [0.15, 0.2) is 34.7 Å². The summed E-state index contributed by atoms with van der Waals surface area (Å²) in [7, 11) is -2.12. The van der Waals surface area contributed by atoms with E-state index in [1.54, 1.807) is 12.1 Å². The van der Waals surface area contributed by atoms with Gasteiger partial charge in [0.2, 0.25) is 10.0 Å². The maximum atomic E-state index is 12.6. The van der Waals surface area contributed by atoms with Crippen molar-refractivity contribution < 1.29 is 13.2 Å². The van der Waals surface area contributed by atoms with Gasteiger partial charge in [-0.2, -0.15) is 4.31 Å². The van der Waals surface area contributed by atoms with E-state index >= 15 is 0 Å². The molecule has 0 saturated heterocycles. The largest absolute Gasteiger partial charge is 0.495 e. The predicted octanol–water partition coefficient (Wildman–Crippen LogP) is 1.62. The van der Waals surface area contributed by atoms with Gasteiger partial charge in [-0.05, 0) is 31.5 Å². The third-order valence-corrected chi connectivity index (χ3v) is 5.09. The van der Waals surface area contributed by atoms with E-state index in [4.69, 9.17) is 10.5 Å². The first kappa shape index (κ1) is 13.9. The van der Waals surface area contributed by atoms with Crippen LogP contribution in [0.25, 0.3) is 0 Å². The zero-order chi connectivity index (χ0) is 14.0. The Hall–Kier alpha value is -1.53. The summed E-state index contributed by atoms with van der Waals surface area (Å²) in [6.07, 6.45) is 2.68. The summed E-state index contributed by atoms with van der Waals surface area (Å²) in [6, 6.07) is 4.64. The molecule has 1 aromatic rings. The third-order valence-electron chi connectivity index (χ3n) is 3.20. The monoisotopic (exact) mass is 282 g/mol. The molecule has 2 rings (SSSR count). The molecule has 0 radical (unpaired) electrons. The lowest BCUT2D eigenvalue weighted by molar-refractivity contribution is 0.393. The van der Waals surface area contributed by atoms with Crippen LogP contribution in [0.4, 0.5) is 5.69 Å². The summed E-state index contributed by atoms with van der Waals surface area (Å²) in [5.74, 6) is 0.320. The first-order valence-corrected chi connectivity index (χ1v) is 7.48. The van der Waals surface area contributed by atoms with E-state index in [9.17, 15) is 8.42 Å². The number of rotatable bonds is 3. The fourth-order valence-corrected chi connectivity index (χ4v) is 3.58. The van der Waals surface area contributed by atoms with Gasteiger partial charge in [0.05, 0.1) is 7.11 Å². The van der Waals surface area contributed by atoms with Crippen LogP contribution in [0.3, 0.4) is 0 Å². The minimum absolute atomic E-state index is 0.128. The molecule has 0 spiro atoms. The number of ether oxygens (including phenoxy) is 1. The number of nitrogen functional groups attached to an aromatic ring is 1. The maximum absolute atomic E-state index is 12.6. The Morgan fingerprint density at radius 3 is 2.68 bits per heavy atom. The van der Waals surface area contributed by atoms with Crippen molar-refractivity contribution in [2.45, 2.75) is 18.2 Å². The molecule has 1 heterocycles. The van der Waals surface area contributed by atoms with Crippen LogP contribution >= 0.6 is 0 Å². The number of anilines is 1. The van der Waals surface area contributed by atoms with Gasteiger partial charge in [0.25, 0.3) is 0 Å². The Morgan fingerprint density at radius 1 is 1.37 bits per heavy atom. The molecule has 104 valence electrons. The zero-order valence-corrected chi connectivity index (χ0v) is 11.9. The fourth-order valence-electron chi connectivity index (χ4n) is 2.00. The molecule has 6 heteroatoms. The molecule has 1 aliphatic rings. The van der Waals surface area contributed by atoms with E-state index < -0.39 is 10.0 Å². The lowest BCUT2D eigenvalue weighted by atomic mass is 10.1. The summed E-state index contributed by atoms with van der Waals surface area (Å²) >= 11 is 0. The topological polar surface area (TPSA) is 72.6 Å². The van der Waals surface area contributed by atoms with Gasteiger partial charge in [0.1, 0.15) is 10.6 Å². The number of nitrogens with zero attached hydrogens (tertiary/aromatic N) is 1. The first-order valence-electron chi connectivity index (χ1n) is 6.04. The zero-order valence-electron chi connectivity index (χ0n) is 11.1. The van der Waals surface area contributed by atoms with Crippen LogP contribution < -0.4 is 10.5 Å². The van der Waals surface area contributed by atoms with Crippen LogP contribution in [0.5, 0.6) is 5.75 Å². The van der Waals surface area contributed by atoms with Crippen LogP contribution in [-0.4, -0.2) is 32.9 Å². The number of benzene rings is 1. The van der Waals surface area contributed by atoms with Crippen LogP contribution in [0, 0.1) is 0 Å². The lowest BCUT2D eigenvalue weighted by Crippen LogP contribution is -2.34. The van der Waals surface area contributed by atoms with Crippen molar-refractivity contribution in [3.8, 4) is 5.75 Å². The predicted molar refractivity (Wildman–Crippen MR) is 74.5 cm³/mol. The highest BCUT2D eigenvalue weighted by Crippen LogP contribution is 2.29. The highest BCUT2D eigenvalue weighted by Gasteiger charge is 2.28. The van der Waals surface area contributed by atoms with E-state index in [-0.39, 0.29) is 4.90 Å². The van der Waals surface area contributed by atoms with Crippen molar-refractivity contribution in [1.29, 1.82) is 0 Å². The number of hydrogen-bond acceptors (Lipinski definition) is 4. The Kier molecular flexibility index (Phi) is 3.82. The van der Waals surface area contributed by atoms with Gasteiger partial charge in [-0.1, -0.05) is 11.6 Å². The summed E-state index contributed by atoms with van der Waals surface area (Å²) in [5, 5.41) is 0. The van der Waals surface area contributed by atoms with Crippen molar-refractivity contribution in [2.75, 3.05) is 25.9 Å². The second-order valence-corrected chi connectivity index (χ2v) is 6.48. The average molecular weight is 282 g/mol. The quantitative estimate of drug-likeness (QED) is 0.675. The summed E-state index contributed by atoms with van der Waals surface area (Å²) in [5.41, 5.74) is 7.30. The van der Waals surface area contributed by atoms with Gasteiger partial charge in [-0.3, -0.25) is 0 Å². The van der Waals surface area contributed by atoms with Gasteiger partial charge < -0.3 is 10.5 Å². The van der Waals surface area contributed by atoms with E-state index in [1.165, 1.54) is 23.1 Å². The Labute approximate surface area is 113 Å². The van der Waals surface area contributed by atoms with Crippen molar-refractivity contribution >= 4 is 15.7 Å². The molecule has 0 unspecified atom stereocenters. The van der Waals surface area contributed by atoms with Gasteiger partial charge in [-0.25, -0.2) is 8.42 Å². The van der Waals surface area contributed by atoms with Crippen molar-refractivity contribution in [1.82, 2.24) is 4.31 Å². The van der Waals surface area contributed by atoms with E-state index in [2.05, 4.69) is 0 Å². The number of sulfonamides is 1. The Morgan fingerprint density at radius 2 is 2.11 bits per heavy atom. The molecular formula is C13H18N2O3S. The molecule has 5 nitrogen and oxygen atoms in total. The number of methoxy groups -OCH3 is 1. The Bertz CT molecular complexity index is 608. The molecule has 1 aliphatic heterocycles. The molecule has 0 atom stereocenters. The molecule has 0 saturated carbocycles. The minimum atomic E-state index is -3.57. The molecule has 0 aromatic heterocycles. The van der Waals surface area contributed by atoms with E-state index in [0.717, 1.165) is 6.42 Å². The third kappa shape index (κ3) is 2.74. The smallest absolute Gasteiger partial charge is 0.247 e. The van der Waals surface area contributed by atoms with Crippen LogP contribution in [0.1, 0.15) is 13.3 Å². The number of hydrogen-bond donors (Lipinski definition) is 1. The molecule has 19 heavy (non-hydrogen) atoms. The molecule has 2 N–H and O–H groups in total. The second kappa shape index (κ2) is 5.22. The molecular weight excluding hydrogens is 264 g/mol.